The predicted octanol–water partition coefficient (Wildman–Crippen LogP) is 4.01. The van der Waals surface area contributed by atoms with Gasteiger partial charge in [0.1, 0.15) is 23.5 Å². The van der Waals surface area contributed by atoms with Crippen molar-refractivity contribution in [2.45, 2.75) is 50.8 Å². The number of aliphatic hydroxyl groups excluding tert-OH is 1. The summed E-state index contributed by atoms with van der Waals surface area (Å²) in [5.41, 5.74) is 0.176. The average molecular weight is 459 g/mol. The molecule has 0 bridgehead atoms. The molecule has 8 nitrogen and oxygen atoms in total. The van der Waals surface area contributed by atoms with Crippen LogP contribution in [-0.2, 0) is 0 Å². The van der Waals surface area contributed by atoms with Gasteiger partial charge in [-0.3, -0.25) is 4.40 Å². The average Bonchev–Trinajstić information content (AvgIpc) is 3.18. The highest BCUT2D eigenvalue weighted by Gasteiger charge is 2.33. The van der Waals surface area contributed by atoms with Crippen LogP contribution in [0.1, 0.15) is 25.7 Å². The number of fused-ring (bicyclic) bond motifs is 1. The predicted molar refractivity (Wildman–Crippen MR) is 101 cm³/mol. The van der Waals surface area contributed by atoms with Gasteiger partial charge in [0, 0.05) is 17.7 Å². The Morgan fingerprint density at radius 3 is 2.72 bits per heavy atom. The minimum atomic E-state index is -5.08. The molecule has 2 N–H and O–H groups in total. The van der Waals surface area contributed by atoms with Crippen molar-refractivity contribution in [3.63, 3.8) is 0 Å². The number of aromatic nitrogens is 4. The van der Waals surface area contributed by atoms with Gasteiger partial charge in [-0.1, -0.05) is 0 Å². The molecular weight excluding hydrogens is 441 g/mol. The molecule has 1 aromatic carbocycles. The number of alkyl halides is 5. The maximum absolute atomic E-state index is 12.9. The smallest absolute Gasteiger partial charge is 0.435 e. The second-order valence-corrected chi connectivity index (χ2v) is 7.27. The van der Waals surface area contributed by atoms with E-state index in [2.05, 4.69) is 30.0 Å². The fourth-order valence-electron chi connectivity index (χ4n) is 3.69. The van der Waals surface area contributed by atoms with Gasteiger partial charge in [0.15, 0.2) is 0 Å². The first-order chi connectivity index (χ1) is 15.2. The van der Waals surface area contributed by atoms with Gasteiger partial charge < -0.3 is 19.9 Å². The number of halogens is 5. The molecule has 13 heteroatoms. The van der Waals surface area contributed by atoms with E-state index in [9.17, 15) is 27.1 Å². The van der Waals surface area contributed by atoms with Gasteiger partial charge in [0.25, 0.3) is 0 Å². The van der Waals surface area contributed by atoms with Crippen molar-refractivity contribution in [3.8, 4) is 22.8 Å². The molecule has 4 rings (SSSR count). The second kappa shape index (κ2) is 8.73. The maximum Gasteiger partial charge on any atom is 0.573 e. The van der Waals surface area contributed by atoms with Crippen molar-refractivity contribution in [2.24, 2.45) is 0 Å². The SMILES string of the molecule is O[C@H]1CCC[C@@H](Nc2nnc(-c3ccc(OC(F)F)cc3OC(F)(F)F)c3cncn23)C1. The zero-order valence-electron chi connectivity index (χ0n) is 16.4. The number of hydrogen-bond acceptors (Lipinski definition) is 7. The summed E-state index contributed by atoms with van der Waals surface area (Å²) in [7, 11) is 0. The molecule has 0 radical (unpaired) electrons. The highest BCUT2D eigenvalue weighted by molar-refractivity contribution is 5.81. The lowest BCUT2D eigenvalue weighted by Gasteiger charge is -2.27. The van der Waals surface area contributed by atoms with Crippen LogP contribution < -0.4 is 14.8 Å². The third-order valence-electron chi connectivity index (χ3n) is 4.99. The summed E-state index contributed by atoms with van der Waals surface area (Å²) < 4.78 is 73.6. The van der Waals surface area contributed by atoms with E-state index in [1.54, 1.807) is 0 Å². The molecule has 2 aromatic heterocycles. The molecule has 1 saturated carbocycles. The first kappa shape index (κ1) is 22.0. The number of ether oxygens (including phenoxy) is 2. The van der Waals surface area contributed by atoms with Gasteiger partial charge in [-0.05, 0) is 37.8 Å². The van der Waals surface area contributed by atoms with Crippen molar-refractivity contribution in [3.05, 3.63) is 30.7 Å². The molecule has 32 heavy (non-hydrogen) atoms. The van der Waals surface area contributed by atoms with Crippen LogP contribution in [0.25, 0.3) is 16.8 Å². The van der Waals surface area contributed by atoms with Gasteiger partial charge in [0.2, 0.25) is 5.95 Å². The van der Waals surface area contributed by atoms with Gasteiger partial charge >= 0.3 is 13.0 Å². The van der Waals surface area contributed by atoms with E-state index < -0.39 is 30.6 Å². The Hall–Kier alpha value is -3.22. The van der Waals surface area contributed by atoms with Crippen LogP contribution in [-0.4, -0.2) is 49.8 Å². The number of rotatable bonds is 6. The van der Waals surface area contributed by atoms with Crippen LogP contribution in [0.15, 0.2) is 30.7 Å². The van der Waals surface area contributed by atoms with E-state index in [0.717, 1.165) is 31.4 Å². The van der Waals surface area contributed by atoms with E-state index in [1.807, 2.05) is 0 Å². The Morgan fingerprint density at radius 1 is 1.19 bits per heavy atom. The Balaban J connectivity index is 1.72. The van der Waals surface area contributed by atoms with Gasteiger partial charge in [-0.15, -0.1) is 23.4 Å². The summed E-state index contributed by atoms with van der Waals surface area (Å²) in [4.78, 5) is 4.02. The van der Waals surface area contributed by atoms with Gasteiger partial charge in [-0.25, -0.2) is 4.98 Å². The summed E-state index contributed by atoms with van der Waals surface area (Å²) >= 11 is 0. The number of nitrogens with one attached hydrogen (secondary N) is 1. The van der Waals surface area contributed by atoms with E-state index in [0.29, 0.717) is 24.0 Å². The number of nitrogens with zero attached hydrogens (tertiary/aromatic N) is 4. The summed E-state index contributed by atoms with van der Waals surface area (Å²) in [6, 6.07) is 2.85. The molecule has 1 aliphatic rings. The topological polar surface area (TPSA) is 93.8 Å². The number of anilines is 1. The third kappa shape index (κ3) is 4.98. The third-order valence-corrected chi connectivity index (χ3v) is 4.99. The van der Waals surface area contributed by atoms with Crippen molar-refractivity contribution in [1.29, 1.82) is 0 Å². The lowest BCUT2D eigenvalue weighted by atomic mass is 9.93. The molecule has 0 amide bonds. The highest BCUT2D eigenvalue weighted by atomic mass is 19.4. The van der Waals surface area contributed by atoms with Crippen molar-refractivity contribution < 1.29 is 36.5 Å². The maximum atomic E-state index is 12.9. The van der Waals surface area contributed by atoms with Gasteiger partial charge in [-0.2, -0.15) is 8.78 Å². The zero-order chi connectivity index (χ0) is 22.9. The van der Waals surface area contributed by atoms with E-state index in [1.165, 1.54) is 16.9 Å². The quantitative estimate of drug-likeness (QED) is 0.538. The van der Waals surface area contributed by atoms with Crippen LogP contribution in [0.4, 0.5) is 27.9 Å². The first-order valence-corrected chi connectivity index (χ1v) is 9.68. The lowest BCUT2D eigenvalue weighted by molar-refractivity contribution is -0.274. The van der Waals surface area contributed by atoms with Crippen LogP contribution in [0.3, 0.4) is 0 Å². The molecule has 1 fully saturated rings. The number of aliphatic hydroxyl groups is 1. The van der Waals surface area contributed by atoms with Crippen LogP contribution >= 0.6 is 0 Å². The largest absolute Gasteiger partial charge is 0.573 e. The standard InChI is InChI=1S/C19H18F5N5O3/c20-17(21)31-12-4-5-13(15(7-12)32-19(22,23)24)16-14-8-25-9-29(14)18(28-27-16)26-10-2-1-3-11(30)6-10/h4-5,7-11,17,30H,1-3,6H2,(H,26,28)/t10-,11+/m1/s1. The normalized spacial score (nSPS) is 19.3. The number of imidazole rings is 1. The van der Waals surface area contributed by atoms with Crippen molar-refractivity contribution >= 4 is 11.5 Å². The van der Waals surface area contributed by atoms with Gasteiger partial charge in [0.05, 0.1) is 17.8 Å². The highest BCUT2D eigenvalue weighted by Crippen LogP contribution is 2.38. The number of benzene rings is 1. The molecule has 0 saturated heterocycles. The molecule has 1 aliphatic carbocycles. The van der Waals surface area contributed by atoms with Crippen LogP contribution in [0.5, 0.6) is 11.5 Å². The summed E-state index contributed by atoms with van der Waals surface area (Å²) in [5.74, 6) is -0.977. The second-order valence-electron chi connectivity index (χ2n) is 7.27. The number of hydrogen-bond donors (Lipinski definition) is 2. The fraction of sp³-hybridized carbons (Fsp3) is 0.421. The Labute approximate surface area is 178 Å². The minimum absolute atomic E-state index is 0.000393. The van der Waals surface area contributed by atoms with Crippen molar-refractivity contribution in [2.75, 3.05) is 5.32 Å². The molecule has 0 spiro atoms. The van der Waals surface area contributed by atoms with Crippen LogP contribution in [0.2, 0.25) is 0 Å². The molecular formula is C19H18F5N5O3. The molecule has 0 unspecified atom stereocenters. The molecule has 0 aliphatic heterocycles. The Kier molecular flexibility index (Phi) is 6.00. The van der Waals surface area contributed by atoms with E-state index >= 15 is 0 Å². The van der Waals surface area contributed by atoms with Crippen LogP contribution in [0, 0.1) is 0 Å². The molecule has 2 atom stereocenters. The molecule has 2 heterocycles. The summed E-state index contributed by atoms with van der Waals surface area (Å²) in [6.07, 6.45) is 0.174. The fourth-order valence-corrected chi connectivity index (χ4v) is 3.69. The minimum Gasteiger partial charge on any atom is -0.435 e. The summed E-state index contributed by atoms with van der Waals surface area (Å²) in [5, 5.41) is 21.2. The monoisotopic (exact) mass is 459 g/mol. The van der Waals surface area contributed by atoms with E-state index in [4.69, 9.17) is 0 Å². The molecule has 3 aromatic rings. The Bertz CT molecular complexity index is 1090. The van der Waals surface area contributed by atoms with E-state index in [-0.39, 0.29) is 17.3 Å². The first-order valence-electron chi connectivity index (χ1n) is 9.68. The molecule has 172 valence electrons. The van der Waals surface area contributed by atoms with Crippen molar-refractivity contribution in [1.82, 2.24) is 19.6 Å². The lowest BCUT2D eigenvalue weighted by Crippen LogP contribution is -2.31. The Morgan fingerprint density at radius 2 is 2.00 bits per heavy atom. The zero-order valence-corrected chi connectivity index (χ0v) is 16.4. The summed E-state index contributed by atoms with van der Waals surface area (Å²) in [6.45, 7) is -3.22.